The fourth-order valence-corrected chi connectivity index (χ4v) is 1.25. The van der Waals surface area contributed by atoms with Gasteiger partial charge in [0.2, 0.25) is 0 Å². The van der Waals surface area contributed by atoms with Crippen molar-refractivity contribution >= 4 is 0 Å². The average Bonchev–Trinajstić information content (AvgIpc) is 2.20. The third-order valence-corrected chi connectivity index (χ3v) is 2.02. The van der Waals surface area contributed by atoms with E-state index in [-0.39, 0.29) is 0 Å². The Morgan fingerprint density at radius 3 is 2.93 bits per heavy atom. The lowest BCUT2D eigenvalue weighted by molar-refractivity contribution is 0.325. The number of aromatic nitrogens is 2. The number of likely N-dealkylation sites (N-methyl/N-ethyl adjacent to an activating group) is 2. The Hall–Kier alpha value is -1.00. The van der Waals surface area contributed by atoms with Gasteiger partial charge in [0.25, 0.3) is 0 Å². The van der Waals surface area contributed by atoms with Gasteiger partial charge < -0.3 is 10.2 Å². The Labute approximate surface area is 85.3 Å². The maximum Gasteiger partial charge on any atom is 0.0541 e. The van der Waals surface area contributed by atoms with E-state index in [1.807, 2.05) is 12.3 Å². The normalized spacial score (nSPS) is 10.8. The van der Waals surface area contributed by atoms with Crippen molar-refractivity contribution in [1.29, 1.82) is 0 Å². The van der Waals surface area contributed by atoms with Crippen LogP contribution in [0.25, 0.3) is 0 Å². The SMILES string of the molecule is CCNCCN(C)Cc1ccnnc1. The first-order valence-corrected chi connectivity index (χ1v) is 4.97. The zero-order valence-electron chi connectivity index (χ0n) is 8.90. The third kappa shape index (κ3) is 4.30. The second-order valence-corrected chi connectivity index (χ2v) is 3.34. The highest BCUT2D eigenvalue weighted by Gasteiger charge is 1.99. The Morgan fingerprint density at radius 2 is 2.29 bits per heavy atom. The molecule has 1 N–H and O–H groups in total. The van der Waals surface area contributed by atoms with Crippen molar-refractivity contribution in [3.63, 3.8) is 0 Å². The van der Waals surface area contributed by atoms with Gasteiger partial charge in [-0.25, -0.2) is 0 Å². The quantitative estimate of drug-likeness (QED) is 0.670. The van der Waals surface area contributed by atoms with Crippen LogP contribution >= 0.6 is 0 Å². The van der Waals surface area contributed by atoms with Crippen LogP contribution in [0.1, 0.15) is 12.5 Å². The first-order valence-electron chi connectivity index (χ1n) is 4.97. The number of hydrogen-bond acceptors (Lipinski definition) is 4. The first kappa shape index (κ1) is 11.1. The molecule has 0 unspecified atom stereocenters. The number of rotatable bonds is 6. The zero-order chi connectivity index (χ0) is 10.2. The van der Waals surface area contributed by atoms with Crippen LogP contribution in [-0.4, -0.2) is 41.8 Å². The van der Waals surface area contributed by atoms with Gasteiger partial charge in [0, 0.05) is 25.8 Å². The van der Waals surface area contributed by atoms with Crippen molar-refractivity contribution < 1.29 is 0 Å². The molecule has 1 aromatic heterocycles. The molecule has 0 aliphatic carbocycles. The number of nitrogens with one attached hydrogen (secondary N) is 1. The fourth-order valence-electron chi connectivity index (χ4n) is 1.25. The van der Waals surface area contributed by atoms with Gasteiger partial charge in [-0.15, -0.1) is 0 Å². The smallest absolute Gasteiger partial charge is 0.0541 e. The van der Waals surface area contributed by atoms with E-state index in [1.54, 1.807) is 6.20 Å². The summed E-state index contributed by atoms with van der Waals surface area (Å²) in [6.07, 6.45) is 3.54. The molecule has 0 atom stereocenters. The Morgan fingerprint density at radius 1 is 1.43 bits per heavy atom. The van der Waals surface area contributed by atoms with Crippen LogP contribution < -0.4 is 5.32 Å². The van der Waals surface area contributed by atoms with Crippen LogP contribution in [0.2, 0.25) is 0 Å². The lowest BCUT2D eigenvalue weighted by atomic mass is 10.3. The van der Waals surface area contributed by atoms with Crippen molar-refractivity contribution in [2.24, 2.45) is 0 Å². The van der Waals surface area contributed by atoms with Gasteiger partial charge in [0.15, 0.2) is 0 Å². The van der Waals surface area contributed by atoms with Crippen molar-refractivity contribution in [3.8, 4) is 0 Å². The van der Waals surface area contributed by atoms with Gasteiger partial charge >= 0.3 is 0 Å². The summed E-state index contributed by atoms with van der Waals surface area (Å²) in [5.41, 5.74) is 1.21. The monoisotopic (exact) mass is 194 g/mol. The van der Waals surface area contributed by atoms with Gasteiger partial charge in [-0.05, 0) is 25.2 Å². The predicted octanol–water partition coefficient (Wildman–Crippen LogP) is 0.518. The van der Waals surface area contributed by atoms with Gasteiger partial charge in [-0.3, -0.25) is 0 Å². The summed E-state index contributed by atoms with van der Waals surface area (Å²) in [7, 11) is 2.11. The molecule has 0 fully saturated rings. The minimum atomic E-state index is 0.931. The molecular weight excluding hydrogens is 176 g/mol. The molecule has 0 aliphatic rings. The van der Waals surface area contributed by atoms with E-state index in [4.69, 9.17) is 0 Å². The second-order valence-electron chi connectivity index (χ2n) is 3.34. The van der Waals surface area contributed by atoms with E-state index in [9.17, 15) is 0 Å². The standard InChI is InChI=1S/C10H18N4/c1-3-11-6-7-14(2)9-10-4-5-12-13-8-10/h4-5,8,11H,3,6-7,9H2,1-2H3. The maximum absolute atomic E-state index is 3.84. The highest BCUT2D eigenvalue weighted by Crippen LogP contribution is 1.98. The summed E-state index contributed by atoms with van der Waals surface area (Å²) in [6, 6.07) is 2.00. The van der Waals surface area contributed by atoms with Crippen molar-refractivity contribution in [2.45, 2.75) is 13.5 Å². The summed E-state index contributed by atoms with van der Waals surface area (Å²) in [6.45, 7) is 6.17. The molecule has 4 nitrogen and oxygen atoms in total. The van der Waals surface area contributed by atoms with E-state index in [0.29, 0.717) is 0 Å². The largest absolute Gasteiger partial charge is 0.316 e. The summed E-state index contributed by atoms with van der Waals surface area (Å²) in [5, 5.41) is 10.9. The molecule has 0 bridgehead atoms. The second kappa shape index (κ2) is 6.45. The van der Waals surface area contributed by atoms with Crippen LogP contribution in [0.3, 0.4) is 0 Å². The zero-order valence-corrected chi connectivity index (χ0v) is 8.90. The molecule has 0 saturated heterocycles. The van der Waals surface area contributed by atoms with Gasteiger partial charge in [0.1, 0.15) is 0 Å². The predicted molar refractivity (Wildman–Crippen MR) is 56.9 cm³/mol. The molecule has 0 radical (unpaired) electrons. The average molecular weight is 194 g/mol. The van der Waals surface area contributed by atoms with Gasteiger partial charge in [-0.2, -0.15) is 10.2 Å². The molecule has 78 valence electrons. The molecule has 0 saturated carbocycles. The van der Waals surface area contributed by atoms with E-state index < -0.39 is 0 Å². The molecular formula is C10H18N4. The van der Waals surface area contributed by atoms with Crippen LogP contribution in [0.15, 0.2) is 18.5 Å². The van der Waals surface area contributed by atoms with Crippen LogP contribution in [-0.2, 0) is 6.54 Å². The van der Waals surface area contributed by atoms with Crippen LogP contribution in [0.5, 0.6) is 0 Å². The summed E-state index contributed by atoms with van der Waals surface area (Å²) in [5.74, 6) is 0. The lowest BCUT2D eigenvalue weighted by Gasteiger charge is -2.16. The molecule has 0 aromatic carbocycles. The van der Waals surface area contributed by atoms with Crippen LogP contribution in [0.4, 0.5) is 0 Å². The topological polar surface area (TPSA) is 41.0 Å². The maximum atomic E-state index is 3.84. The van der Waals surface area contributed by atoms with E-state index in [1.165, 1.54) is 5.56 Å². The Balaban J connectivity index is 2.23. The summed E-state index contributed by atoms with van der Waals surface area (Å²) >= 11 is 0. The van der Waals surface area contributed by atoms with Crippen molar-refractivity contribution in [3.05, 3.63) is 24.0 Å². The third-order valence-electron chi connectivity index (χ3n) is 2.02. The van der Waals surface area contributed by atoms with E-state index in [2.05, 4.69) is 34.4 Å². The molecule has 1 heterocycles. The van der Waals surface area contributed by atoms with Crippen LogP contribution in [0, 0.1) is 0 Å². The number of hydrogen-bond donors (Lipinski definition) is 1. The molecule has 0 spiro atoms. The summed E-state index contributed by atoms with van der Waals surface area (Å²) < 4.78 is 0. The number of nitrogens with zero attached hydrogens (tertiary/aromatic N) is 3. The lowest BCUT2D eigenvalue weighted by Crippen LogP contribution is -2.28. The minimum absolute atomic E-state index is 0.931. The Kier molecular flexibility index (Phi) is 5.11. The molecule has 0 amide bonds. The minimum Gasteiger partial charge on any atom is -0.316 e. The fraction of sp³-hybridized carbons (Fsp3) is 0.600. The van der Waals surface area contributed by atoms with Crippen molar-refractivity contribution in [1.82, 2.24) is 20.4 Å². The van der Waals surface area contributed by atoms with Gasteiger partial charge in [-0.1, -0.05) is 6.92 Å². The highest BCUT2D eigenvalue weighted by molar-refractivity contribution is 5.04. The molecule has 1 rings (SSSR count). The summed E-state index contributed by atoms with van der Waals surface area (Å²) in [4.78, 5) is 2.26. The molecule has 0 aliphatic heterocycles. The van der Waals surface area contributed by atoms with E-state index in [0.717, 1.165) is 26.2 Å². The molecule has 4 heteroatoms. The first-order chi connectivity index (χ1) is 6.83. The molecule has 14 heavy (non-hydrogen) atoms. The highest BCUT2D eigenvalue weighted by atomic mass is 15.1. The van der Waals surface area contributed by atoms with E-state index >= 15 is 0 Å². The molecule has 1 aromatic rings. The van der Waals surface area contributed by atoms with Crippen molar-refractivity contribution in [2.75, 3.05) is 26.7 Å². The van der Waals surface area contributed by atoms with Gasteiger partial charge in [0.05, 0.1) is 6.20 Å². The Bertz CT molecular complexity index is 237.